The number of hydrogen-bond donors (Lipinski definition) is 1. The molecule has 0 amide bonds. The zero-order valence-electron chi connectivity index (χ0n) is 5.54. The van der Waals surface area contributed by atoms with Crippen LogP contribution >= 0.6 is 0 Å². The molecule has 0 aromatic carbocycles. The molecule has 0 saturated carbocycles. The second kappa shape index (κ2) is 2.64. The maximum atomic E-state index is 5.34. The fraction of sp³-hybridized carbons (Fsp3) is 0.500. The van der Waals surface area contributed by atoms with Crippen LogP contribution in [-0.4, -0.2) is 9.78 Å². The predicted octanol–water partition coefficient (Wildman–Crippen LogP) is 0.362. The van der Waals surface area contributed by atoms with Crippen LogP contribution in [0.4, 0.5) is 0 Å². The van der Waals surface area contributed by atoms with E-state index >= 15 is 0 Å². The van der Waals surface area contributed by atoms with E-state index in [2.05, 4.69) is 5.10 Å². The van der Waals surface area contributed by atoms with Crippen LogP contribution in [0.1, 0.15) is 12.6 Å². The van der Waals surface area contributed by atoms with Crippen LogP contribution in [0.3, 0.4) is 0 Å². The number of aryl methyl sites for hydroxylation is 1. The Morgan fingerprint density at radius 1 is 1.78 bits per heavy atom. The summed E-state index contributed by atoms with van der Waals surface area (Å²) >= 11 is 0. The predicted molar refractivity (Wildman–Crippen MR) is 35.8 cm³/mol. The molecular weight excluding hydrogens is 114 g/mol. The second-order valence-electron chi connectivity index (χ2n) is 1.87. The van der Waals surface area contributed by atoms with Crippen LogP contribution in [-0.2, 0) is 13.1 Å². The Bertz CT molecular complexity index is 162. The summed E-state index contributed by atoms with van der Waals surface area (Å²) in [5.41, 5.74) is 6.30. The van der Waals surface area contributed by atoms with E-state index in [1.54, 1.807) is 0 Å². The van der Waals surface area contributed by atoms with Crippen LogP contribution in [0.25, 0.3) is 0 Å². The van der Waals surface area contributed by atoms with Gasteiger partial charge in [0.25, 0.3) is 0 Å². The first-order valence-electron chi connectivity index (χ1n) is 3.09. The van der Waals surface area contributed by atoms with Crippen molar-refractivity contribution in [3.05, 3.63) is 18.0 Å². The van der Waals surface area contributed by atoms with E-state index in [1.165, 1.54) is 0 Å². The molecular formula is C6H11N3. The van der Waals surface area contributed by atoms with Crippen molar-refractivity contribution in [1.29, 1.82) is 0 Å². The zero-order chi connectivity index (χ0) is 6.69. The molecule has 0 atom stereocenters. The van der Waals surface area contributed by atoms with Crippen molar-refractivity contribution in [2.75, 3.05) is 0 Å². The Hall–Kier alpha value is -0.830. The highest BCUT2D eigenvalue weighted by Gasteiger charge is 1.91. The van der Waals surface area contributed by atoms with E-state index < -0.39 is 0 Å². The van der Waals surface area contributed by atoms with Crippen LogP contribution < -0.4 is 5.73 Å². The average Bonchev–Trinajstić information content (AvgIpc) is 2.34. The minimum absolute atomic E-state index is 0.535. The molecule has 1 rings (SSSR count). The molecule has 9 heavy (non-hydrogen) atoms. The molecule has 0 aliphatic rings. The maximum Gasteiger partial charge on any atom is 0.0760 e. The molecule has 0 bridgehead atoms. The largest absolute Gasteiger partial charge is 0.325 e. The van der Waals surface area contributed by atoms with Crippen molar-refractivity contribution in [2.24, 2.45) is 5.73 Å². The number of nitrogens with zero attached hydrogens (tertiary/aromatic N) is 2. The van der Waals surface area contributed by atoms with Crippen LogP contribution in [0, 0.1) is 0 Å². The average molecular weight is 125 g/mol. The van der Waals surface area contributed by atoms with Gasteiger partial charge in [0.15, 0.2) is 0 Å². The van der Waals surface area contributed by atoms with Crippen molar-refractivity contribution in [3.63, 3.8) is 0 Å². The second-order valence-corrected chi connectivity index (χ2v) is 1.87. The highest BCUT2D eigenvalue weighted by molar-refractivity contribution is 4.97. The monoisotopic (exact) mass is 125 g/mol. The highest BCUT2D eigenvalue weighted by atomic mass is 15.3. The molecule has 0 radical (unpaired) electrons. The van der Waals surface area contributed by atoms with Crippen LogP contribution in [0.5, 0.6) is 0 Å². The zero-order valence-corrected chi connectivity index (χ0v) is 5.54. The molecule has 50 valence electrons. The molecule has 2 N–H and O–H groups in total. The molecule has 1 aromatic heterocycles. The lowest BCUT2D eigenvalue weighted by atomic mass is 10.4. The van der Waals surface area contributed by atoms with Gasteiger partial charge in [0.1, 0.15) is 0 Å². The minimum Gasteiger partial charge on any atom is -0.325 e. The molecule has 3 heteroatoms. The van der Waals surface area contributed by atoms with E-state index in [9.17, 15) is 0 Å². The smallest absolute Gasteiger partial charge is 0.0760 e. The number of nitrogens with two attached hydrogens (primary N) is 1. The van der Waals surface area contributed by atoms with Crippen LogP contribution in [0.2, 0.25) is 0 Å². The summed E-state index contributed by atoms with van der Waals surface area (Å²) < 4.78 is 1.86. The molecule has 0 aliphatic heterocycles. The number of aromatic nitrogens is 2. The number of hydrogen-bond acceptors (Lipinski definition) is 2. The topological polar surface area (TPSA) is 43.8 Å². The molecule has 0 unspecified atom stereocenters. The third-order valence-corrected chi connectivity index (χ3v) is 1.23. The van der Waals surface area contributed by atoms with Gasteiger partial charge in [-0.25, -0.2) is 0 Å². The fourth-order valence-corrected chi connectivity index (χ4v) is 0.689. The van der Waals surface area contributed by atoms with Gasteiger partial charge in [-0.1, -0.05) is 0 Å². The maximum absolute atomic E-state index is 5.34. The summed E-state index contributed by atoms with van der Waals surface area (Å²) in [6.07, 6.45) is 1.93. The summed E-state index contributed by atoms with van der Waals surface area (Å²) in [4.78, 5) is 0. The Labute approximate surface area is 54.5 Å². The van der Waals surface area contributed by atoms with Crippen LogP contribution in [0.15, 0.2) is 12.3 Å². The first kappa shape index (κ1) is 6.29. The van der Waals surface area contributed by atoms with Gasteiger partial charge in [-0.05, 0) is 13.0 Å². The molecule has 0 saturated heterocycles. The lowest BCUT2D eigenvalue weighted by Crippen LogP contribution is -2.00. The van der Waals surface area contributed by atoms with Gasteiger partial charge in [0.05, 0.1) is 5.69 Å². The Morgan fingerprint density at radius 3 is 2.89 bits per heavy atom. The summed E-state index contributed by atoms with van der Waals surface area (Å²) in [5.74, 6) is 0. The van der Waals surface area contributed by atoms with Gasteiger partial charge in [0.2, 0.25) is 0 Å². The lowest BCUT2D eigenvalue weighted by Gasteiger charge is -1.90. The highest BCUT2D eigenvalue weighted by Crippen LogP contribution is 1.92. The van der Waals surface area contributed by atoms with Gasteiger partial charge in [-0.2, -0.15) is 5.10 Å². The van der Waals surface area contributed by atoms with Gasteiger partial charge < -0.3 is 5.73 Å². The summed E-state index contributed by atoms with van der Waals surface area (Å²) in [5, 5.41) is 4.14. The molecule has 0 aliphatic carbocycles. The Morgan fingerprint density at radius 2 is 2.56 bits per heavy atom. The van der Waals surface area contributed by atoms with Gasteiger partial charge in [0, 0.05) is 19.3 Å². The normalized spacial score (nSPS) is 10.0. The van der Waals surface area contributed by atoms with Gasteiger partial charge in [-0.15, -0.1) is 0 Å². The van der Waals surface area contributed by atoms with Gasteiger partial charge >= 0.3 is 0 Å². The fourth-order valence-electron chi connectivity index (χ4n) is 0.689. The van der Waals surface area contributed by atoms with Crippen molar-refractivity contribution < 1.29 is 0 Å². The van der Waals surface area contributed by atoms with Crippen molar-refractivity contribution in [2.45, 2.75) is 20.0 Å². The molecule has 1 heterocycles. The van der Waals surface area contributed by atoms with E-state index in [4.69, 9.17) is 5.73 Å². The SMILES string of the molecule is CCn1ccc(CN)n1. The van der Waals surface area contributed by atoms with E-state index in [0.717, 1.165) is 12.2 Å². The van der Waals surface area contributed by atoms with Crippen molar-refractivity contribution >= 4 is 0 Å². The first-order chi connectivity index (χ1) is 4.36. The third-order valence-electron chi connectivity index (χ3n) is 1.23. The molecule has 1 aromatic rings. The summed E-state index contributed by atoms with van der Waals surface area (Å²) in [7, 11) is 0. The summed E-state index contributed by atoms with van der Waals surface area (Å²) in [6.45, 7) is 3.50. The van der Waals surface area contributed by atoms with Crippen molar-refractivity contribution in [1.82, 2.24) is 9.78 Å². The number of rotatable bonds is 2. The molecule has 0 spiro atoms. The van der Waals surface area contributed by atoms with Gasteiger partial charge in [-0.3, -0.25) is 4.68 Å². The third kappa shape index (κ3) is 1.29. The quantitative estimate of drug-likeness (QED) is 0.620. The van der Waals surface area contributed by atoms with E-state index in [0.29, 0.717) is 6.54 Å². The van der Waals surface area contributed by atoms with E-state index in [1.807, 2.05) is 23.9 Å². The summed E-state index contributed by atoms with van der Waals surface area (Å²) in [6, 6.07) is 1.93. The Kier molecular flexibility index (Phi) is 1.85. The standard InChI is InChI=1S/C6H11N3/c1-2-9-4-3-6(5-7)8-9/h3-4H,2,5,7H2,1H3. The Balaban J connectivity index is 2.74. The minimum atomic E-state index is 0.535. The lowest BCUT2D eigenvalue weighted by molar-refractivity contribution is 0.647. The molecule has 3 nitrogen and oxygen atoms in total. The van der Waals surface area contributed by atoms with E-state index in [-0.39, 0.29) is 0 Å². The van der Waals surface area contributed by atoms with Crippen molar-refractivity contribution in [3.8, 4) is 0 Å². The molecule has 0 fully saturated rings. The first-order valence-corrected chi connectivity index (χ1v) is 3.09.